The van der Waals surface area contributed by atoms with Crippen molar-refractivity contribution in [2.45, 2.75) is 6.42 Å². The molecule has 2 N–H and O–H groups in total. The van der Waals surface area contributed by atoms with E-state index in [1.807, 2.05) is 0 Å². The molecule has 0 amide bonds. The van der Waals surface area contributed by atoms with E-state index in [9.17, 15) is 10.1 Å². The summed E-state index contributed by atoms with van der Waals surface area (Å²) in [5.74, 6) is 0.438. The number of benzene rings is 1. The Morgan fingerprint density at radius 3 is 3.09 bits per heavy atom. The number of aromatic amines is 1. The van der Waals surface area contributed by atoms with E-state index in [4.69, 9.17) is 9.84 Å². The van der Waals surface area contributed by atoms with Crippen LogP contribution in [0.1, 0.15) is 12.0 Å². The van der Waals surface area contributed by atoms with Crippen molar-refractivity contribution < 1.29 is 9.84 Å². The minimum Gasteiger partial charge on any atom is -0.492 e. The first kappa shape index (κ1) is 15.1. The molecule has 0 saturated heterocycles. The molecule has 0 aliphatic heterocycles. The highest BCUT2D eigenvalue weighted by molar-refractivity contribution is 7.13. The lowest BCUT2D eigenvalue weighted by molar-refractivity contribution is 0.233. The van der Waals surface area contributed by atoms with Gasteiger partial charge in [0.15, 0.2) is 0 Å². The smallest absolute Gasteiger partial charge is 0.286 e. The predicted octanol–water partition coefficient (Wildman–Crippen LogP) is 1.07. The number of nitriles is 1. The Hall–Kier alpha value is -2.83. The van der Waals surface area contributed by atoms with Gasteiger partial charge in [0, 0.05) is 18.6 Å². The van der Waals surface area contributed by atoms with Gasteiger partial charge < -0.3 is 9.84 Å². The Morgan fingerprint density at radius 2 is 2.30 bits per heavy atom. The van der Waals surface area contributed by atoms with Gasteiger partial charge in [0.2, 0.25) is 0 Å². The maximum absolute atomic E-state index is 11.7. The Bertz CT molecular complexity index is 943. The largest absolute Gasteiger partial charge is 0.492 e. The van der Waals surface area contributed by atoms with E-state index in [0.29, 0.717) is 45.8 Å². The Labute approximate surface area is 134 Å². The van der Waals surface area contributed by atoms with Crippen LogP contribution < -0.4 is 10.3 Å². The summed E-state index contributed by atoms with van der Waals surface area (Å²) in [5, 5.41) is 27.8. The van der Waals surface area contributed by atoms with E-state index < -0.39 is 0 Å². The van der Waals surface area contributed by atoms with E-state index in [-0.39, 0.29) is 12.2 Å². The van der Waals surface area contributed by atoms with Gasteiger partial charge in [0.05, 0.1) is 12.2 Å². The number of aliphatic hydroxyl groups is 1. The molecule has 0 saturated carbocycles. The molecule has 0 aliphatic carbocycles. The van der Waals surface area contributed by atoms with Crippen molar-refractivity contribution >= 4 is 21.7 Å². The fraction of sp³-hybridized carbons (Fsp3) is 0.214. The summed E-state index contributed by atoms with van der Waals surface area (Å²) in [6.45, 7) is 0.350. The fourth-order valence-electron chi connectivity index (χ4n) is 2.02. The van der Waals surface area contributed by atoms with Crippen LogP contribution in [0.15, 0.2) is 23.0 Å². The lowest BCUT2D eigenvalue weighted by Crippen LogP contribution is -2.07. The molecule has 23 heavy (non-hydrogen) atoms. The topological polar surface area (TPSA) is 125 Å². The minimum absolute atomic E-state index is 0.0258. The maximum atomic E-state index is 11.7. The molecule has 0 aliphatic rings. The van der Waals surface area contributed by atoms with E-state index in [1.165, 1.54) is 0 Å². The molecule has 9 heteroatoms. The molecule has 8 nitrogen and oxygen atoms in total. The normalized spacial score (nSPS) is 10.6. The molecule has 0 atom stereocenters. The van der Waals surface area contributed by atoms with Crippen molar-refractivity contribution in [2.75, 3.05) is 13.2 Å². The van der Waals surface area contributed by atoms with Crippen LogP contribution in [-0.2, 0) is 0 Å². The van der Waals surface area contributed by atoms with E-state index >= 15 is 0 Å². The summed E-state index contributed by atoms with van der Waals surface area (Å²) in [5.41, 5.74) is 1.56. The summed E-state index contributed by atoms with van der Waals surface area (Å²) in [7, 11) is 0. The number of hydrogen-bond acceptors (Lipinski definition) is 8. The van der Waals surface area contributed by atoms with E-state index in [1.54, 1.807) is 18.2 Å². The summed E-state index contributed by atoms with van der Waals surface area (Å²) >= 11 is 1.03. The average molecular weight is 329 g/mol. The second-order valence-corrected chi connectivity index (χ2v) is 5.37. The molecule has 3 rings (SSSR count). The van der Waals surface area contributed by atoms with Gasteiger partial charge in [-0.1, -0.05) is 5.21 Å². The molecular weight excluding hydrogens is 318 g/mol. The second kappa shape index (κ2) is 6.51. The SMILES string of the molecule is N#Cc1cc(-c2nsc3c(=O)[nH]nnc23)ccc1OCCCO. The highest BCUT2D eigenvalue weighted by Gasteiger charge is 2.15. The first-order valence-corrected chi connectivity index (χ1v) is 7.51. The average Bonchev–Trinajstić information content (AvgIpc) is 3.01. The third kappa shape index (κ3) is 2.90. The quantitative estimate of drug-likeness (QED) is 0.671. The first-order chi connectivity index (χ1) is 11.2. The van der Waals surface area contributed by atoms with Crippen LogP contribution in [0, 0.1) is 11.3 Å². The van der Waals surface area contributed by atoms with Crippen molar-refractivity contribution in [2.24, 2.45) is 0 Å². The monoisotopic (exact) mass is 329 g/mol. The molecule has 3 aromatic rings. The third-order valence-electron chi connectivity index (χ3n) is 3.11. The molecule has 0 spiro atoms. The van der Waals surface area contributed by atoms with Gasteiger partial charge in [0.1, 0.15) is 27.7 Å². The van der Waals surface area contributed by atoms with Gasteiger partial charge in [-0.2, -0.15) is 9.64 Å². The van der Waals surface area contributed by atoms with Crippen LogP contribution in [0.5, 0.6) is 5.75 Å². The highest BCUT2D eigenvalue weighted by Crippen LogP contribution is 2.30. The number of nitrogens with zero attached hydrogens (tertiary/aromatic N) is 4. The van der Waals surface area contributed by atoms with Crippen molar-refractivity contribution in [3.05, 3.63) is 34.1 Å². The van der Waals surface area contributed by atoms with Crippen molar-refractivity contribution in [3.63, 3.8) is 0 Å². The zero-order valence-electron chi connectivity index (χ0n) is 11.8. The first-order valence-electron chi connectivity index (χ1n) is 6.73. The number of rotatable bonds is 5. The number of ether oxygens (including phenoxy) is 1. The molecule has 0 bridgehead atoms. The molecule has 2 heterocycles. The van der Waals surface area contributed by atoms with Crippen molar-refractivity contribution in [1.29, 1.82) is 5.26 Å². The van der Waals surface area contributed by atoms with Gasteiger partial charge in [-0.15, -0.1) is 5.10 Å². The van der Waals surface area contributed by atoms with E-state index in [2.05, 4.69) is 25.9 Å². The molecular formula is C14H11N5O3S. The van der Waals surface area contributed by atoms with Gasteiger partial charge >= 0.3 is 0 Å². The molecule has 0 unspecified atom stereocenters. The predicted molar refractivity (Wildman–Crippen MR) is 83.2 cm³/mol. The number of H-pyrrole nitrogens is 1. The second-order valence-electron chi connectivity index (χ2n) is 4.60. The van der Waals surface area contributed by atoms with Crippen molar-refractivity contribution in [1.82, 2.24) is 19.8 Å². The van der Waals surface area contributed by atoms with Gasteiger partial charge in [-0.05, 0) is 29.7 Å². The van der Waals surface area contributed by atoms with Crippen LogP contribution >= 0.6 is 11.5 Å². The number of hydrogen-bond donors (Lipinski definition) is 2. The molecule has 1 aromatic carbocycles. The highest BCUT2D eigenvalue weighted by atomic mass is 32.1. The van der Waals surface area contributed by atoms with E-state index in [0.717, 1.165) is 11.5 Å². The van der Waals surface area contributed by atoms with Crippen LogP contribution in [-0.4, -0.2) is 38.1 Å². The van der Waals surface area contributed by atoms with Gasteiger partial charge in [-0.3, -0.25) is 4.79 Å². The zero-order valence-corrected chi connectivity index (χ0v) is 12.6. The molecule has 0 radical (unpaired) electrons. The summed E-state index contributed by atoms with van der Waals surface area (Å²) in [4.78, 5) is 11.7. The lowest BCUT2D eigenvalue weighted by Gasteiger charge is -2.08. The Morgan fingerprint density at radius 1 is 1.43 bits per heavy atom. The van der Waals surface area contributed by atoms with Crippen LogP contribution in [0.4, 0.5) is 0 Å². The number of aromatic nitrogens is 4. The molecule has 0 fully saturated rings. The Kier molecular flexibility index (Phi) is 4.27. The number of aliphatic hydroxyl groups excluding tert-OH is 1. The van der Waals surface area contributed by atoms with Gasteiger partial charge in [0.25, 0.3) is 5.56 Å². The summed E-state index contributed by atoms with van der Waals surface area (Å²) in [6, 6.07) is 7.11. The number of nitrogens with one attached hydrogen (secondary N) is 1. The summed E-state index contributed by atoms with van der Waals surface area (Å²) < 4.78 is 10.1. The Balaban J connectivity index is 2.01. The summed E-state index contributed by atoms with van der Waals surface area (Å²) in [6.07, 6.45) is 0.488. The number of fused-ring (bicyclic) bond motifs is 1. The van der Waals surface area contributed by atoms with Crippen LogP contribution in [0.3, 0.4) is 0 Å². The van der Waals surface area contributed by atoms with Crippen molar-refractivity contribution in [3.8, 4) is 23.1 Å². The third-order valence-corrected chi connectivity index (χ3v) is 3.94. The van der Waals surface area contributed by atoms with Gasteiger partial charge in [-0.25, -0.2) is 5.10 Å². The molecule has 2 aromatic heterocycles. The zero-order chi connectivity index (χ0) is 16.2. The minimum atomic E-state index is -0.344. The standard InChI is InChI=1S/C14H11N5O3S/c15-7-9-6-8(2-3-10(9)22-5-1-4-20)11-12-13(23-18-11)14(21)17-19-16-12/h2-3,6,20H,1,4-5H2,(H,16,17,21). The van der Waals surface area contributed by atoms with Crippen LogP contribution in [0.2, 0.25) is 0 Å². The maximum Gasteiger partial charge on any atom is 0.286 e. The van der Waals surface area contributed by atoms with Crippen LogP contribution in [0.25, 0.3) is 21.5 Å². The molecule has 116 valence electrons. The fourth-order valence-corrected chi connectivity index (χ4v) is 2.75. The lowest BCUT2D eigenvalue weighted by atomic mass is 10.1.